The van der Waals surface area contributed by atoms with Gasteiger partial charge in [-0.05, 0) is 39.0 Å². The maximum absolute atomic E-state index is 11.0. The quantitative estimate of drug-likeness (QED) is 0.0392. The SMILES string of the molecule is CCCCCCCCCC=CC=CC=CC=CC=C(CC)C(=O)O.CCCCCCCCCC=CC=CC=CC=CC=CC(=O)OCC. The second kappa shape index (κ2) is 41.4. The van der Waals surface area contributed by atoms with E-state index in [1.807, 2.05) is 67.7 Å². The molecule has 0 aromatic heterocycles. The van der Waals surface area contributed by atoms with Gasteiger partial charge in [-0.2, -0.15) is 0 Å². The highest BCUT2D eigenvalue weighted by Crippen LogP contribution is 2.09. The Kier molecular flexibility index (Phi) is 40.0. The zero-order valence-electron chi connectivity index (χ0n) is 30.9. The summed E-state index contributed by atoms with van der Waals surface area (Å²) in [6, 6.07) is 0. The molecule has 0 heterocycles. The average Bonchev–Trinajstić information content (AvgIpc) is 3.08. The molecule has 0 aromatic rings. The van der Waals surface area contributed by atoms with Crippen molar-refractivity contribution in [2.24, 2.45) is 0 Å². The summed E-state index contributed by atoms with van der Waals surface area (Å²) in [5, 5.41) is 8.86. The Morgan fingerprint density at radius 1 is 0.479 bits per heavy atom. The van der Waals surface area contributed by atoms with Crippen molar-refractivity contribution >= 4 is 11.9 Å². The molecule has 0 saturated heterocycles. The smallest absolute Gasteiger partial charge is 0.331 e. The van der Waals surface area contributed by atoms with Crippen LogP contribution in [0.3, 0.4) is 0 Å². The molecule has 0 saturated carbocycles. The molecule has 0 rings (SSSR count). The van der Waals surface area contributed by atoms with E-state index in [9.17, 15) is 9.59 Å². The summed E-state index contributed by atoms with van der Waals surface area (Å²) in [5.74, 6) is -1.16. The minimum absolute atomic E-state index is 0.308. The van der Waals surface area contributed by atoms with Gasteiger partial charge >= 0.3 is 11.9 Å². The number of rotatable bonds is 28. The molecule has 0 unspecified atom stereocenters. The van der Waals surface area contributed by atoms with Gasteiger partial charge in [0.1, 0.15) is 0 Å². The summed E-state index contributed by atoms with van der Waals surface area (Å²) in [4.78, 5) is 21.8. The van der Waals surface area contributed by atoms with E-state index in [4.69, 9.17) is 9.84 Å². The molecule has 0 fully saturated rings. The Morgan fingerprint density at radius 2 is 0.854 bits per heavy atom. The van der Waals surface area contributed by atoms with Gasteiger partial charge in [0.25, 0.3) is 0 Å². The van der Waals surface area contributed by atoms with Gasteiger partial charge < -0.3 is 9.84 Å². The van der Waals surface area contributed by atoms with E-state index >= 15 is 0 Å². The number of esters is 1. The molecule has 48 heavy (non-hydrogen) atoms. The fourth-order valence-electron chi connectivity index (χ4n) is 4.33. The lowest BCUT2D eigenvalue weighted by atomic mass is 10.1. The van der Waals surface area contributed by atoms with Gasteiger partial charge in [0, 0.05) is 11.6 Å². The normalized spacial score (nSPS) is 12.9. The number of aliphatic carboxylic acids is 1. The van der Waals surface area contributed by atoms with Crippen molar-refractivity contribution in [3.8, 4) is 0 Å². The first-order chi connectivity index (χ1) is 23.5. The van der Waals surface area contributed by atoms with Crippen LogP contribution >= 0.6 is 0 Å². The Balaban J connectivity index is 0. The first-order valence-electron chi connectivity index (χ1n) is 18.6. The molecule has 0 aromatic carbocycles. The molecule has 0 amide bonds. The number of carboxylic acid groups (broad SMARTS) is 1. The number of carbonyl (C=O) groups is 2. The van der Waals surface area contributed by atoms with Crippen molar-refractivity contribution in [3.63, 3.8) is 0 Å². The van der Waals surface area contributed by atoms with Crippen molar-refractivity contribution in [2.45, 2.75) is 137 Å². The second-order valence-corrected chi connectivity index (χ2v) is 11.4. The van der Waals surface area contributed by atoms with E-state index in [-0.39, 0.29) is 5.97 Å². The first-order valence-corrected chi connectivity index (χ1v) is 18.6. The number of ether oxygens (including phenoxy) is 1. The van der Waals surface area contributed by atoms with Crippen LogP contribution in [0.1, 0.15) is 137 Å². The van der Waals surface area contributed by atoms with Gasteiger partial charge in [-0.3, -0.25) is 0 Å². The van der Waals surface area contributed by atoms with Crippen molar-refractivity contribution < 1.29 is 19.4 Å². The summed E-state index contributed by atoms with van der Waals surface area (Å²) in [6.07, 6.45) is 58.3. The van der Waals surface area contributed by atoms with Crippen molar-refractivity contribution in [3.05, 3.63) is 121 Å². The number of allylic oxidation sites excluding steroid dienone is 18. The summed E-state index contributed by atoms with van der Waals surface area (Å²) >= 11 is 0. The van der Waals surface area contributed by atoms with Crippen LogP contribution in [0.4, 0.5) is 0 Å². The molecule has 0 radical (unpaired) electrons. The van der Waals surface area contributed by atoms with Crippen LogP contribution in [0.2, 0.25) is 0 Å². The van der Waals surface area contributed by atoms with Gasteiger partial charge in [-0.15, -0.1) is 0 Å². The molecule has 4 nitrogen and oxygen atoms in total. The highest BCUT2D eigenvalue weighted by atomic mass is 16.5. The van der Waals surface area contributed by atoms with Crippen LogP contribution in [0.5, 0.6) is 0 Å². The lowest BCUT2D eigenvalue weighted by Crippen LogP contribution is -1.98. The van der Waals surface area contributed by atoms with Crippen LogP contribution in [0.15, 0.2) is 121 Å². The molecule has 4 heteroatoms. The fraction of sp³-hybridized carbons (Fsp3) is 0.500. The lowest BCUT2D eigenvalue weighted by molar-refractivity contribution is -0.137. The van der Waals surface area contributed by atoms with E-state index in [1.165, 1.54) is 102 Å². The van der Waals surface area contributed by atoms with Gasteiger partial charge in [-0.1, -0.05) is 207 Å². The summed E-state index contributed by atoms with van der Waals surface area (Å²) in [5.41, 5.74) is 0.420. The predicted molar refractivity (Wildman–Crippen MR) is 210 cm³/mol. The molecule has 0 bridgehead atoms. The molecule has 268 valence electrons. The molecule has 0 aliphatic carbocycles. The maximum atomic E-state index is 11.0. The summed E-state index contributed by atoms with van der Waals surface area (Å²) in [7, 11) is 0. The molecule has 1 N–H and O–H groups in total. The van der Waals surface area contributed by atoms with Crippen molar-refractivity contribution in [1.82, 2.24) is 0 Å². The Labute approximate surface area is 295 Å². The highest BCUT2D eigenvalue weighted by Gasteiger charge is 2.00. The molecule has 0 atom stereocenters. The summed E-state index contributed by atoms with van der Waals surface area (Å²) in [6.45, 7) is 8.55. The van der Waals surface area contributed by atoms with Gasteiger partial charge in [0.2, 0.25) is 0 Å². The van der Waals surface area contributed by atoms with Gasteiger partial charge in [0.15, 0.2) is 0 Å². The van der Waals surface area contributed by atoms with Crippen LogP contribution < -0.4 is 0 Å². The molecular weight excluding hydrogens is 592 g/mol. The Morgan fingerprint density at radius 3 is 1.25 bits per heavy atom. The average molecular weight is 661 g/mol. The Bertz CT molecular complexity index is 1040. The van der Waals surface area contributed by atoms with E-state index in [1.54, 1.807) is 31.2 Å². The number of carbonyl (C=O) groups excluding carboxylic acids is 1. The van der Waals surface area contributed by atoms with Crippen molar-refractivity contribution in [2.75, 3.05) is 6.61 Å². The molecular formula is C44H68O4. The predicted octanol–water partition coefficient (Wildman–Crippen LogP) is 13.2. The number of hydrogen-bond acceptors (Lipinski definition) is 3. The first kappa shape index (κ1) is 46.5. The third-order valence-electron chi connectivity index (χ3n) is 7.14. The van der Waals surface area contributed by atoms with E-state index in [2.05, 4.69) is 38.2 Å². The van der Waals surface area contributed by atoms with E-state index in [0.29, 0.717) is 18.6 Å². The van der Waals surface area contributed by atoms with Crippen LogP contribution in [-0.2, 0) is 14.3 Å². The zero-order valence-corrected chi connectivity index (χ0v) is 30.9. The number of carboxylic acids is 1. The molecule has 0 aliphatic rings. The number of hydrogen-bond donors (Lipinski definition) is 1. The fourth-order valence-corrected chi connectivity index (χ4v) is 4.33. The van der Waals surface area contributed by atoms with E-state index < -0.39 is 5.97 Å². The van der Waals surface area contributed by atoms with Crippen LogP contribution in [-0.4, -0.2) is 23.7 Å². The minimum atomic E-state index is -0.850. The number of unbranched alkanes of at least 4 members (excludes halogenated alkanes) is 14. The third-order valence-corrected chi connectivity index (χ3v) is 7.14. The molecule has 0 spiro atoms. The van der Waals surface area contributed by atoms with Gasteiger partial charge in [-0.25, -0.2) is 9.59 Å². The van der Waals surface area contributed by atoms with Crippen LogP contribution in [0.25, 0.3) is 0 Å². The Hall–Kier alpha value is -3.66. The third kappa shape index (κ3) is 40.4. The highest BCUT2D eigenvalue weighted by molar-refractivity contribution is 5.86. The monoisotopic (exact) mass is 661 g/mol. The lowest BCUT2D eigenvalue weighted by Gasteiger charge is -1.98. The topological polar surface area (TPSA) is 63.6 Å². The largest absolute Gasteiger partial charge is 0.478 e. The van der Waals surface area contributed by atoms with Gasteiger partial charge in [0.05, 0.1) is 6.61 Å². The zero-order chi connectivity index (χ0) is 35.6. The minimum Gasteiger partial charge on any atom is -0.478 e. The standard InChI is InChI=1S/2C22H34O2/c1-3-5-6-7-8-9-10-11-12-13-14-15-16-17-18-19-20-21-22(23)24-4-2;1-3-5-6-7-8-9-10-11-12-13-14-15-16-17-18-19-20-21(4-2)22(23)24/h12-21H,3-11H2,1-2H3;12-20H,3-11H2,1-2H3,(H,23,24). The van der Waals surface area contributed by atoms with Crippen molar-refractivity contribution in [1.29, 1.82) is 0 Å². The second-order valence-electron chi connectivity index (χ2n) is 11.4. The van der Waals surface area contributed by atoms with Crippen LogP contribution in [0, 0.1) is 0 Å². The molecule has 0 aliphatic heterocycles. The maximum Gasteiger partial charge on any atom is 0.331 e. The van der Waals surface area contributed by atoms with E-state index in [0.717, 1.165) is 6.42 Å². The summed E-state index contributed by atoms with van der Waals surface area (Å²) < 4.78 is 4.77.